The number of hydrogen-bond donors (Lipinski definition) is 1. The number of carboxylic acids is 1. The third kappa shape index (κ3) is 3.72. The molecule has 1 aliphatic heterocycles. The maximum atomic E-state index is 11.8. The number of rotatable bonds is 4. The Kier molecular flexibility index (Phi) is 4.93. The predicted molar refractivity (Wildman–Crippen MR) is 58.2 cm³/mol. The van der Waals surface area contributed by atoms with Crippen LogP contribution in [-0.4, -0.2) is 47.0 Å². The van der Waals surface area contributed by atoms with E-state index in [1.54, 1.807) is 6.92 Å². The Morgan fingerprint density at radius 1 is 1.35 bits per heavy atom. The number of aliphatic carboxylic acids is 1. The number of carbonyl (C=O) groups is 3. The van der Waals surface area contributed by atoms with Crippen molar-refractivity contribution in [2.45, 2.75) is 38.6 Å². The summed E-state index contributed by atoms with van der Waals surface area (Å²) < 4.78 is 4.67. The zero-order valence-electron chi connectivity index (χ0n) is 9.85. The summed E-state index contributed by atoms with van der Waals surface area (Å²) in [7, 11) is 0. The minimum Gasteiger partial charge on any atom is -0.480 e. The maximum absolute atomic E-state index is 11.8. The third-order valence-corrected chi connectivity index (χ3v) is 2.71. The topological polar surface area (TPSA) is 83.9 Å². The van der Waals surface area contributed by atoms with E-state index in [0.717, 1.165) is 12.8 Å². The lowest BCUT2D eigenvalue weighted by molar-refractivity contribution is -0.156. The number of esters is 1. The van der Waals surface area contributed by atoms with Crippen LogP contribution in [0.3, 0.4) is 0 Å². The molecule has 1 amide bonds. The molecule has 6 nitrogen and oxygen atoms in total. The van der Waals surface area contributed by atoms with Crippen LogP contribution in [0.1, 0.15) is 32.6 Å². The fourth-order valence-electron chi connectivity index (χ4n) is 1.92. The molecule has 0 aromatic carbocycles. The SMILES string of the molecule is CCOC(=O)CC(=O)N1CCCCC1C(=O)O. The van der Waals surface area contributed by atoms with Crippen molar-refractivity contribution in [1.29, 1.82) is 0 Å². The number of ether oxygens (including phenoxy) is 1. The van der Waals surface area contributed by atoms with E-state index < -0.39 is 23.9 Å². The van der Waals surface area contributed by atoms with Gasteiger partial charge in [0.25, 0.3) is 0 Å². The highest BCUT2D eigenvalue weighted by atomic mass is 16.5. The second-order valence-electron chi connectivity index (χ2n) is 3.92. The number of carbonyl (C=O) groups excluding carboxylic acids is 2. The van der Waals surface area contributed by atoms with Gasteiger partial charge in [-0.05, 0) is 26.2 Å². The molecule has 17 heavy (non-hydrogen) atoms. The van der Waals surface area contributed by atoms with Crippen LogP contribution in [0.15, 0.2) is 0 Å². The van der Waals surface area contributed by atoms with Crippen molar-refractivity contribution in [3.8, 4) is 0 Å². The van der Waals surface area contributed by atoms with E-state index in [-0.39, 0.29) is 13.0 Å². The molecule has 1 rings (SSSR count). The molecule has 0 bridgehead atoms. The first-order valence-corrected chi connectivity index (χ1v) is 5.74. The monoisotopic (exact) mass is 243 g/mol. The summed E-state index contributed by atoms with van der Waals surface area (Å²) in [5.74, 6) is -2.08. The van der Waals surface area contributed by atoms with Gasteiger partial charge in [-0.1, -0.05) is 0 Å². The van der Waals surface area contributed by atoms with Gasteiger partial charge in [-0.3, -0.25) is 9.59 Å². The predicted octanol–water partition coefficient (Wildman–Crippen LogP) is 0.405. The molecule has 1 fully saturated rings. The molecule has 0 aromatic heterocycles. The third-order valence-electron chi connectivity index (χ3n) is 2.71. The van der Waals surface area contributed by atoms with Crippen molar-refractivity contribution in [2.24, 2.45) is 0 Å². The second kappa shape index (κ2) is 6.22. The molecule has 0 spiro atoms. The molecule has 0 saturated carbocycles. The Hall–Kier alpha value is -1.59. The van der Waals surface area contributed by atoms with Gasteiger partial charge in [-0.15, -0.1) is 0 Å². The highest BCUT2D eigenvalue weighted by molar-refractivity contribution is 5.96. The van der Waals surface area contributed by atoms with Crippen LogP contribution in [0.25, 0.3) is 0 Å². The van der Waals surface area contributed by atoms with Crippen LogP contribution < -0.4 is 0 Å². The lowest BCUT2D eigenvalue weighted by Crippen LogP contribution is -2.48. The first-order valence-electron chi connectivity index (χ1n) is 5.74. The van der Waals surface area contributed by atoms with Gasteiger partial charge in [0.2, 0.25) is 5.91 Å². The minimum absolute atomic E-state index is 0.217. The molecule has 0 aliphatic carbocycles. The van der Waals surface area contributed by atoms with Crippen LogP contribution >= 0.6 is 0 Å². The lowest BCUT2D eigenvalue weighted by atomic mass is 10.0. The molecule has 1 unspecified atom stereocenters. The van der Waals surface area contributed by atoms with Crippen molar-refractivity contribution in [3.63, 3.8) is 0 Å². The van der Waals surface area contributed by atoms with Gasteiger partial charge in [-0.25, -0.2) is 4.79 Å². The van der Waals surface area contributed by atoms with E-state index in [1.807, 2.05) is 0 Å². The van der Waals surface area contributed by atoms with Gasteiger partial charge in [0.05, 0.1) is 6.61 Å². The number of hydrogen-bond acceptors (Lipinski definition) is 4. The summed E-state index contributed by atoms with van der Waals surface area (Å²) in [5, 5.41) is 8.98. The average molecular weight is 243 g/mol. The fraction of sp³-hybridized carbons (Fsp3) is 0.727. The molecule has 0 aromatic rings. The quantitative estimate of drug-likeness (QED) is 0.571. The molecular formula is C11H17NO5. The fourth-order valence-corrected chi connectivity index (χ4v) is 1.92. The van der Waals surface area contributed by atoms with Crippen molar-refractivity contribution in [1.82, 2.24) is 4.90 Å². The first kappa shape index (κ1) is 13.5. The smallest absolute Gasteiger partial charge is 0.326 e. The Balaban J connectivity index is 2.59. The zero-order valence-corrected chi connectivity index (χ0v) is 9.85. The Bertz CT molecular complexity index is 315. The van der Waals surface area contributed by atoms with Gasteiger partial charge in [0.1, 0.15) is 12.5 Å². The van der Waals surface area contributed by atoms with E-state index in [2.05, 4.69) is 4.74 Å². The molecule has 1 atom stereocenters. The second-order valence-corrected chi connectivity index (χ2v) is 3.92. The Morgan fingerprint density at radius 3 is 2.65 bits per heavy atom. The van der Waals surface area contributed by atoms with Crippen LogP contribution in [0, 0.1) is 0 Å². The van der Waals surface area contributed by atoms with Gasteiger partial charge >= 0.3 is 11.9 Å². The summed E-state index contributed by atoms with van der Waals surface area (Å²) in [5.41, 5.74) is 0. The van der Waals surface area contributed by atoms with Crippen molar-refractivity contribution < 1.29 is 24.2 Å². The molecule has 1 N–H and O–H groups in total. The normalized spacial score (nSPS) is 19.8. The molecule has 6 heteroatoms. The van der Waals surface area contributed by atoms with Gasteiger partial charge < -0.3 is 14.7 Å². The summed E-state index contributed by atoms with van der Waals surface area (Å²) in [6, 6.07) is -0.800. The first-order chi connectivity index (χ1) is 8.06. The number of piperidine rings is 1. The van der Waals surface area contributed by atoms with Crippen LogP contribution in [0.4, 0.5) is 0 Å². The largest absolute Gasteiger partial charge is 0.480 e. The van der Waals surface area contributed by atoms with Gasteiger partial charge in [0, 0.05) is 6.54 Å². The highest BCUT2D eigenvalue weighted by Gasteiger charge is 2.32. The maximum Gasteiger partial charge on any atom is 0.326 e. The Labute approximate surface area is 99.5 Å². The van der Waals surface area contributed by atoms with Crippen molar-refractivity contribution in [2.75, 3.05) is 13.2 Å². The average Bonchev–Trinajstić information content (AvgIpc) is 2.29. The van der Waals surface area contributed by atoms with Gasteiger partial charge in [0.15, 0.2) is 0 Å². The van der Waals surface area contributed by atoms with E-state index >= 15 is 0 Å². The Morgan fingerprint density at radius 2 is 2.06 bits per heavy atom. The van der Waals surface area contributed by atoms with Crippen molar-refractivity contribution in [3.05, 3.63) is 0 Å². The molecule has 1 heterocycles. The van der Waals surface area contributed by atoms with E-state index in [9.17, 15) is 14.4 Å². The molecule has 0 radical (unpaired) electrons. The number of carboxylic acid groups (broad SMARTS) is 1. The van der Waals surface area contributed by atoms with E-state index in [1.165, 1.54) is 4.90 Å². The highest BCUT2D eigenvalue weighted by Crippen LogP contribution is 2.18. The number of amides is 1. The summed E-state index contributed by atoms with van der Waals surface area (Å²) in [6.07, 6.45) is 1.64. The summed E-state index contributed by atoms with van der Waals surface area (Å²) >= 11 is 0. The van der Waals surface area contributed by atoms with Crippen LogP contribution in [0.5, 0.6) is 0 Å². The molecule has 1 saturated heterocycles. The minimum atomic E-state index is -1.01. The zero-order chi connectivity index (χ0) is 12.8. The number of likely N-dealkylation sites (tertiary alicyclic amines) is 1. The summed E-state index contributed by atoms with van der Waals surface area (Å²) in [4.78, 5) is 35.2. The van der Waals surface area contributed by atoms with E-state index in [0.29, 0.717) is 13.0 Å². The molecule has 96 valence electrons. The summed E-state index contributed by atoms with van der Waals surface area (Å²) in [6.45, 7) is 2.27. The van der Waals surface area contributed by atoms with Crippen LogP contribution in [0.2, 0.25) is 0 Å². The molecule has 1 aliphatic rings. The molecular weight excluding hydrogens is 226 g/mol. The lowest BCUT2D eigenvalue weighted by Gasteiger charge is -2.32. The number of nitrogens with zero attached hydrogens (tertiary/aromatic N) is 1. The van der Waals surface area contributed by atoms with Crippen molar-refractivity contribution >= 4 is 17.8 Å². The van der Waals surface area contributed by atoms with Crippen LogP contribution in [-0.2, 0) is 19.1 Å². The van der Waals surface area contributed by atoms with Gasteiger partial charge in [-0.2, -0.15) is 0 Å². The standard InChI is InChI=1S/C11H17NO5/c1-2-17-10(14)7-9(13)12-6-4-3-5-8(12)11(15)16/h8H,2-7H2,1H3,(H,15,16). The van der Waals surface area contributed by atoms with E-state index in [4.69, 9.17) is 5.11 Å².